The monoisotopic (exact) mass is 202 g/mol. The number of aryl methyl sites for hydroxylation is 1. The van der Waals surface area contributed by atoms with Crippen molar-refractivity contribution in [3.8, 4) is 6.07 Å². The molecular formula is C13H18N2. The molecule has 0 saturated heterocycles. The molecule has 2 heteroatoms. The molecule has 1 atom stereocenters. The summed E-state index contributed by atoms with van der Waals surface area (Å²) in [6, 6.07) is 8.41. The molecule has 0 aliphatic heterocycles. The molecule has 2 nitrogen and oxygen atoms in total. The van der Waals surface area contributed by atoms with Gasteiger partial charge in [0.05, 0.1) is 6.07 Å². The summed E-state index contributed by atoms with van der Waals surface area (Å²) < 4.78 is 0. The molecule has 1 rings (SSSR count). The number of nitrogens with one attached hydrogen (secondary N) is 1. The molecule has 1 aromatic carbocycles. The van der Waals surface area contributed by atoms with Crippen molar-refractivity contribution in [2.45, 2.75) is 32.7 Å². The Labute approximate surface area is 91.9 Å². The molecule has 0 bridgehead atoms. The summed E-state index contributed by atoms with van der Waals surface area (Å²) in [7, 11) is 1.81. The average Bonchev–Trinajstić information content (AvgIpc) is 2.22. The summed E-state index contributed by atoms with van der Waals surface area (Å²) >= 11 is 0. The van der Waals surface area contributed by atoms with Crippen LogP contribution in [0.15, 0.2) is 18.2 Å². The minimum absolute atomic E-state index is 0.205. The van der Waals surface area contributed by atoms with Crippen LogP contribution in [0.2, 0.25) is 0 Å². The lowest BCUT2D eigenvalue weighted by Crippen LogP contribution is -2.15. The lowest BCUT2D eigenvalue weighted by atomic mass is 9.94. The Kier molecular flexibility index (Phi) is 3.88. The van der Waals surface area contributed by atoms with E-state index in [4.69, 9.17) is 5.26 Å². The van der Waals surface area contributed by atoms with Gasteiger partial charge in [0, 0.05) is 0 Å². The number of nitrogens with zero attached hydrogens (tertiary/aromatic N) is 1. The van der Waals surface area contributed by atoms with Gasteiger partial charge >= 0.3 is 0 Å². The maximum absolute atomic E-state index is 9.02. The van der Waals surface area contributed by atoms with Crippen LogP contribution in [0, 0.1) is 18.3 Å². The van der Waals surface area contributed by atoms with Crippen LogP contribution in [-0.4, -0.2) is 7.05 Å². The van der Waals surface area contributed by atoms with E-state index >= 15 is 0 Å². The van der Waals surface area contributed by atoms with Crippen molar-refractivity contribution >= 4 is 0 Å². The lowest BCUT2D eigenvalue weighted by Gasteiger charge is -2.14. The number of benzene rings is 1. The summed E-state index contributed by atoms with van der Waals surface area (Å²) in [4.78, 5) is 0. The summed E-state index contributed by atoms with van der Waals surface area (Å²) in [5.41, 5.74) is 3.54. The van der Waals surface area contributed by atoms with E-state index in [0.717, 1.165) is 5.56 Å². The maximum atomic E-state index is 9.02. The van der Waals surface area contributed by atoms with E-state index in [1.165, 1.54) is 11.1 Å². The molecular weight excluding hydrogens is 184 g/mol. The second kappa shape index (κ2) is 4.95. The van der Waals surface area contributed by atoms with Gasteiger partial charge in [0.2, 0.25) is 0 Å². The summed E-state index contributed by atoms with van der Waals surface area (Å²) in [5.74, 6) is 0.501. The third kappa shape index (κ3) is 2.57. The smallest absolute Gasteiger partial charge is 0.121 e. The van der Waals surface area contributed by atoms with Gasteiger partial charge in [0.1, 0.15) is 6.04 Å². The first-order valence-corrected chi connectivity index (χ1v) is 5.27. The van der Waals surface area contributed by atoms with E-state index in [-0.39, 0.29) is 6.04 Å². The fraction of sp³-hybridized carbons (Fsp3) is 0.462. The molecule has 80 valence electrons. The highest BCUT2D eigenvalue weighted by Crippen LogP contribution is 2.22. The Morgan fingerprint density at radius 3 is 2.47 bits per heavy atom. The number of hydrogen-bond donors (Lipinski definition) is 1. The van der Waals surface area contributed by atoms with Crippen molar-refractivity contribution in [1.29, 1.82) is 5.26 Å². The number of rotatable bonds is 3. The molecule has 0 saturated carbocycles. The third-order valence-corrected chi connectivity index (χ3v) is 2.70. The standard InChI is InChI=1S/C13H18N2/c1-9(2)11-6-5-10(3)12(7-11)13(8-14)15-4/h5-7,9,13,15H,1-4H3. The molecule has 0 amide bonds. The van der Waals surface area contributed by atoms with Gasteiger partial charge in [0.25, 0.3) is 0 Å². The summed E-state index contributed by atoms with van der Waals surface area (Å²) in [6.07, 6.45) is 0. The van der Waals surface area contributed by atoms with E-state index in [0.29, 0.717) is 5.92 Å². The molecule has 0 heterocycles. The molecule has 0 aliphatic carbocycles. The lowest BCUT2D eigenvalue weighted by molar-refractivity contribution is 0.718. The van der Waals surface area contributed by atoms with E-state index in [2.05, 4.69) is 43.4 Å². The van der Waals surface area contributed by atoms with Crippen LogP contribution in [0.3, 0.4) is 0 Å². The molecule has 0 aliphatic rings. The Hall–Kier alpha value is -1.33. The minimum atomic E-state index is -0.205. The van der Waals surface area contributed by atoms with Crippen molar-refractivity contribution < 1.29 is 0 Å². The van der Waals surface area contributed by atoms with Crippen LogP contribution >= 0.6 is 0 Å². The van der Waals surface area contributed by atoms with Crippen LogP contribution in [0.1, 0.15) is 42.5 Å². The predicted octanol–water partition coefficient (Wildman–Crippen LogP) is 2.90. The zero-order valence-corrected chi connectivity index (χ0v) is 9.83. The molecule has 1 unspecified atom stereocenters. The van der Waals surface area contributed by atoms with Gasteiger partial charge in [-0.2, -0.15) is 5.26 Å². The van der Waals surface area contributed by atoms with Gasteiger partial charge < -0.3 is 5.32 Å². The average molecular weight is 202 g/mol. The zero-order chi connectivity index (χ0) is 11.4. The molecule has 0 fully saturated rings. The molecule has 1 aromatic rings. The zero-order valence-electron chi connectivity index (χ0n) is 9.83. The first kappa shape index (κ1) is 11.7. The number of nitriles is 1. The Balaban J connectivity index is 3.16. The first-order valence-electron chi connectivity index (χ1n) is 5.27. The van der Waals surface area contributed by atoms with Gasteiger partial charge in [0.15, 0.2) is 0 Å². The second-order valence-electron chi connectivity index (χ2n) is 4.12. The first-order chi connectivity index (χ1) is 7.10. The van der Waals surface area contributed by atoms with E-state index < -0.39 is 0 Å². The van der Waals surface area contributed by atoms with E-state index in [9.17, 15) is 0 Å². The summed E-state index contributed by atoms with van der Waals surface area (Å²) in [5, 5.41) is 12.0. The predicted molar refractivity (Wildman–Crippen MR) is 62.7 cm³/mol. The fourth-order valence-electron chi connectivity index (χ4n) is 1.62. The third-order valence-electron chi connectivity index (χ3n) is 2.70. The van der Waals surface area contributed by atoms with Crippen molar-refractivity contribution in [2.75, 3.05) is 7.05 Å². The van der Waals surface area contributed by atoms with Crippen molar-refractivity contribution in [1.82, 2.24) is 5.32 Å². The van der Waals surface area contributed by atoms with Gasteiger partial charge in [-0.15, -0.1) is 0 Å². The van der Waals surface area contributed by atoms with Gasteiger partial charge in [-0.05, 0) is 36.6 Å². The molecule has 1 N–H and O–H groups in total. The second-order valence-corrected chi connectivity index (χ2v) is 4.12. The van der Waals surface area contributed by atoms with E-state index in [1.54, 1.807) is 0 Å². The van der Waals surface area contributed by atoms with Crippen LogP contribution in [0.4, 0.5) is 0 Å². The van der Waals surface area contributed by atoms with Crippen LogP contribution in [0.25, 0.3) is 0 Å². The quantitative estimate of drug-likeness (QED) is 0.818. The van der Waals surface area contributed by atoms with Crippen LogP contribution in [0.5, 0.6) is 0 Å². The maximum Gasteiger partial charge on any atom is 0.121 e. The Morgan fingerprint density at radius 2 is 2.00 bits per heavy atom. The van der Waals surface area contributed by atoms with Crippen molar-refractivity contribution in [2.24, 2.45) is 0 Å². The van der Waals surface area contributed by atoms with Crippen molar-refractivity contribution in [3.63, 3.8) is 0 Å². The Bertz CT molecular complexity index is 375. The van der Waals surface area contributed by atoms with Crippen LogP contribution in [-0.2, 0) is 0 Å². The number of hydrogen-bond acceptors (Lipinski definition) is 2. The van der Waals surface area contributed by atoms with E-state index in [1.807, 2.05) is 14.0 Å². The minimum Gasteiger partial charge on any atom is -0.301 e. The molecule has 15 heavy (non-hydrogen) atoms. The molecule has 0 radical (unpaired) electrons. The highest BCUT2D eigenvalue weighted by molar-refractivity contribution is 5.37. The fourth-order valence-corrected chi connectivity index (χ4v) is 1.62. The Morgan fingerprint density at radius 1 is 1.33 bits per heavy atom. The van der Waals surface area contributed by atoms with Gasteiger partial charge in [-0.1, -0.05) is 32.0 Å². The molecule has 0 spiro atoms. The normalized spacial score (nSPS) is 12.5. The van der Waals surface area contributed by atoms with Gasteiger partial charge in [-0.3, -0.25) is 0 Å². The topological polar surface area (TPSA) is 35.8 Å². The molecule has 0 aromatic heterocycles. The van der Waals surface area contributed by atoms with Crippen molar-refractivity contribution in [3.05, 3.63) is 34.9 Å². The van der Waals surface area contributed by atoms with Crippen LogP contribution < -0.4 is 5.32 Å². The highest BCUT2D eigenvalue weighted by atomic mass is 14.9. The highest BCUT2D eigenvalue weighted by Gasteiger charge is 2.12. The largest absolute Gasteiger partial charge is 0.301 e. The SMILES string of the molecule is CNC(C#N)c1cc(C(C)C)ccc1C. The van der Waals surface area contributed by atoms with Gasteiger partial charge in [-0.25, -0.2) is 0 Å². The summed E-state index contributed by atoms with van der Waals surface area (Å²) in [6.45, 7) is 6.37.